The van der Waals surface area contributed by atoms with Gasteiger partial charge in [-0.25, -0.2) is 4.79 Å². The molecular weight excluding hydrogens is 460 g/mol. The van der Waals surface area contributed by atoms with Crippen molar-refractivity contribution in [3.8, 4) is 11.1 Å². The number of esters is 1. The molecule has 0 saturated heterocycles. The van der Waals surface area contributed by atoms with Crippen LogP contribution in [0.4, 0.5) is 0 Å². The third-order valence-electron chi connectivity index (χ3n) is 4.90. The number of aryl methyl sites for hydroxylation is 2. The van der Waals surface area contributed by atoms with Crippen molar-refractivity contribution >= 4 is 24.4 Å². The van der Waals surface area contributed by atoms with Gasteiger partial charge >= 0.3 is 5.97 Å². The van der Waals surface area contributed by atoms with Crippen molar-refractivity contribution in [3.05, 3.63) is 95.0 Å². The second-order valence-corrected chi connectivity index (χ2v) is 7.69. The van der Waals surface area contributed by atoms with E-state index in [1.54, 1.807) is 13.8 Å². The summed E-state index contributed by atoms with van der Waals surface area (Å²) in [6.45, 7) is 13.7. The van der Waals surface area contributed by atoms with E-state index in [-0.39, 0.29) is 0 Å². The zero-order valence-corrected chi connectivity index (χ0v) is 22.9. The van der Waals surface area contributed by atoms with Crippen LogP contribution in [-0.4, -0.2) is 30.6 Å². The zero-order chi connectivity index (χ0) is 27.3. The third-order valence-corrected chi connectivity index (χ3v) is 5.16. The van der Waals surface area contributed by atoms with Crippen LogP contribution in [-0.2, 0) is 14.3 Å². The fourth-order valence-electron chi connectivity index (χ4n) is 2.65. The number of carbonyl (C=O) groups excluding carboxylic acids is 2. The Kier molecular flexibility index (Phi) is 20.0. The van der Waals surface area contributed by atoms with E-state index in [1.807, 2.05) is 63.1 Å². The van der Waals surface area contributed by atoms with Crippen molar-refractivity contribution in [1.82, 2.24) is 0 Å². The molecule has 0 spiro atoms. The topological polar surface area (TPSA) is 63.6 Å². The van der Waals surface area contributed by atoms with Crippen LogP contribution in [0.15, 0.2) is 78.9 Å². The van der Waals surface area contributed by atoms with Gasteiger partial charge in [0.2, 0.25) is 0 Å². The van der Waals surface area contributed by atoms with Crippen LogP contribution in [0.25, 0.3) is 11.1 Å². The molecule has 4 nitrogen and oxygen atoms in total. The van der Waals surface area contributed by atoms with E-state index < -0.39 is 11.6 Å². The van der Waals surface area contributed by atoms with E-state index >= 15 is 0 Å². The summed E-state index contributed by atoms with van der Waals surface area (Å²) in [6.07, 6.45) is 0.798. The van der Waals surface area contributed by atoms with Crippen molar-refractivity contribution in [2.24, 2.45) is 0 Å². The molecule has 0 heterocycles. The van der Waals surface area contributed by atoms with Gasteiger partial charge in [-0.15, -0.1) is 0 Å². The molecule has 0 radical (unpaired) electrons. The lowest BCUT2D eigenvalue weighted by molar-refractivity contribution is -0.163. The molecule has 1 N–H and O–H groups in total. The minimum atomic E-state index is -1.27. The van der Waals surface area contributed by atoms with Gasteiger partial charge in [-0.3, -0.25) is 0 Å². The molecule has 3 aromatic rings. The molecule has 0 aliphatic carbocycles. The maximum atomic E-state index is 10.8. The maximum Gasteiger partial charge on any atom is 0.337 e. The van der Waals surface area contributed by atoms with Gasteiger partial charge < -0.3 is 14.6 Å². The van der Waals surface area contributed by atoms with Crippen LogP contribution in [0.1, 0.15) is 51.7 Å². The van der Waals surface area contributed by atoms with Gasteiger partial charge in [-0.1, -0.05) is 117 Å². The van der Waals surface area contributed by atoms with Gasteiger partial charge in [-0.2, -0.15) is 0 Å². The lowest BCUT2D eigenvalue weighted by Crippen LogP contribution is -2.38. The monoisotopic (exact) mass is 500 g/mol. The normalized spacial score (nSPS) is 9.29. The molecule has 3 rings (SSSR count). The summed E-state index contributed by atoms with van der Waals surface area (Å²) < 4.78 is 4.41. The Hall–Kier alpha value is -2.95. The van der Waals surface area contributed by atoms with Crippen LogP contribution in [0.5, 0.6) is 0 Å². The summed E-state index contributed by atoms with van der Waals surface area (Å²) in [5.41, 5.74) is 3.77. The molecule has 3 aromatic carbocycles. The Morgan fingerprint density at radius 2 is 1.17 bits per heavy atom. The number of carbonyl (C=O) groups is 2. The smallest absolute Gasteiger partial charge is 0.337 e. The highest BCUT2D eigenvalue weighted by molar-refractivity contribution is 6.30. The molecule has 35 heavy (non-hydrogen) atoms. The van der Waals surface area contributed by atoms with Crippen LogP contribution < -0.4 is 0 Å². The van der Waals surface area contributed by atoms with Gasteiger partial charge in [0, 0.05) is 5.02 Å². The van der Waals surface area contributed by atoms with E-state index in [0.29, 0.717) is 12.8 Å². The standard InChI is InChI=1S/C13H11Cl.C7H14O3.C7H8.C2H6.CH2O/c1-10-2-4-11(5-3-10)12-6-8-13(14)9-7-12;1-4-7(9,5-2)6(8)10-3;1-7-5-3-2-4-6-7;2*1-2/h2-9H,1H3;9H,4-5H2,1-3H3;2-6H,1H3;1-2H3;1H2. The molecule has 0 fully saturated rings. The Morgan fingerprint density at radius 3 is 1.46 bits per heavy atom. The number of benzene rings is 3. The number of rotatable bonds is 4. The molecule has 0 atom stereocenters. The predicted octanol–water partition coefficient (Wildman–Crippen LogP) is 7.86. The summed E-state index contributed by atoms with van der Waals surface area (Å²) in [5.74, 6) is -0.544. The number of halogens is 1. The predicted molar refractivity (Wildman–Crippen MR) is 149 cm³/mol. The SMILES string of the molecule is C=O.CC.CCC(O)(CC)C(=O)OC.Cc1ccc(-c2ccc(Cl)cc2)cc1.Cc1ccccc1. The second-order valence-electron chi connectivity index (χ2n) is 7.26. The number of aliphatic hydroxyl groups is 1. The zero-order valence-electron chi connectivity index (χ0n) is 22.2. The van der Waals surface area contributed by atoms with Crippen LogP contribution in [0, 0.1) is 13.8 Å². The van der Waals surface area contributed by atoms with E-state index in [9.17, 15) is 9.90 Å². The van der Waals surface area contributed by atoms with E-state index in [2.05, 4.69) is 55.0 Å². The largest absolute Gasteiger partial charge is 0.467 e. The Labute approximate surface area is 216 Å². The fraction of sp³-hybridized carbons (Fsp3) is 0.333. The molecule has 0 amide bonds. The molecule has 0 aliphatic rings. The first-order chi connectivity index (χ1) is 16.8. The first-order valence-electron chi connectivity index (χ1n) is 11.7. The Bertz CT molecular complexity index is 860. The van der Waals surface area contributed by atoms with Gasteiger partial charge in [-0.05, 0) is 49.9 Å². The van der Waals surface area contributed by atoms with Gasteiger partial charge in [0.15, 0.2) is 5.60 Å². The molecule has 0 bridgehead atoms. The molecule has 5 heteroatoms. The highest BCUT2D eigenvalue weighted by Crippen LogP contribution is 2.21. The molecule has 0 aromatic heterocycles. The molecule has 192 valence electrons. The van der Waals surface area contributed by atoms with E-state index in [0.717, 1.165) is 5.02 Å². The molecule has 0 unspecified atom stereocenters. The quantitative estimate of drug-likeness (QED) is 0.370. The highest BCUT2D eigenvalue weighted by Gasteiger charge is 2.32. The summed E-state index contributed by atoms with van der Waals surface area (Å²) in [4.78, 5) is 18.8. The number of ether oxygens (including phenoxy) is 1. The van der Waals surface area contributed by atoms with Crippen molar-refractivity contribution in [3.63, 3.8) is 0 Å². The van der Waals surface area contributed by atoms with Crippen molar-refractivity contribution in [2.45, 2.75) is 60.0 Å². The van der Waals surface area contributed by atoms with Gasteiger partial charge in [0.25, 0.3) is 0 Å². The highest BCUT2D eigenvalue weighted by atomic mass is 35.5. The summed E-state index contributed by atoms with van der Waals surface area (Å²) in [6, 6.07) is 26.6. The van der Waals surface area contributed by atoms with Crippen LogP contribution in [0.3, 0.4) is 0 Å². The fourth-order valence-corrected chi connectivity index (χ4v) is 2.78. The van der Waals surface area contributed by atoms with Gasteiger partial charge in [0.1, 0.15) is 6.79 Å². The minimum absolute atomic E-state index is 0.399. The van der Waals surface area contributed by atoms with Crippen molar-refractivity contribution in [1.29, 1.82) is 0 Å². The maximum absolute atomic E-state index is 10.8. The summed E-state index contributed by atoms with van der Waals surface area (Å²) in [5, 5.41) is 10.2. The molecule has 0 saturated carbocycles. The van der Waals surface area contributed by atoms with Gasteiger partial charge in [0.05, 0.1) is 7.11 Å². The Balaban J connectivity index is 0. The molecule has 0 aliphatic heterocycles. The van der Waals surface area contributed by atoms with Crippen LogP contribution in [0.2, 0.25) is 5.02 Å². The van der Waals surface area contributed by atoms with Crippen molar-refractivity contribution in [2.75, 3.05) is 7.11 Å². The average molecular weight is 501 g/mol. The van der Waals surface area contributed by atoms with Crippen molar-refractivity contribution < 1.29 is 19.4 Å². The number of hydrogen-bond acceptors (Lipinski definition) is 4. The second kappa shape index (κ2) is 20.4. The lowest BCUT2D eigenvalue weighted by atomic mass is 9.98. The number of methoxy groups -OCH3 is 1. The van der Waals surface area contributed by atoms with Crippen LogP contribution >= 0.6 is 11.6 Å². The first-order valence-corrected chi connectivity index (χ1v) is 12.1. The minimum Gasteiger partial charge on any atom is -0.467 e. The number of hydrogen-bond donors (Lipinski definition) is 1. The first kappa shape index (κ1) is 34.2. The van der Waals surface area contributed by atoms with E-state index in [1.165, 1.54) is 29.4 Å². The summed E-state index contributed by atoms with van der Waals surface area (Å²) in [7, 11) is 1.28. The third kappa shape index (κ3) is 14.1. The lowest BCUT2D eigenvalue weighted by Gasteiger charge is -2.20. The summed E-state index contributed by atoms with van der Waals surface area (Å²) >= 11 is 5.82. The van der Waals surface area contributed by atoms with E-state index in [4.69, 9.17) is 16.4 Å². The average Bonchev–Trinajstić information content (AvgIpc) is 2.92. The molecular formula is C30H41ClO4. The Morgan fingerprint density at radius 1 is 0.800 bits per heavy atom.